The van der Waals surface area contributed by atoms with Gasteiger partial charge in [-0.05, 0) is 60.4 Å². The topological polar surface area (TPSA) is 9.86 Å². The first kappa shape index (κ1) is 29.0. The van der Waals surface area contributed by atoms with E-state index in [1.165, 1.54) is 32.4 Å². The molecule has 0 radical (unpaired) electrons. The van der Waals surface area contributed by atoms with Gasteiger partial charge in [-0.1, -0.05) is 112 Å². The summed E-state index contributed by atoms with van der Waals surface area (Å²) in [6.45, 7) is 14.2. The van der Waals surface area contributed by atoms with Crippen LogP contribution in [0.25, 0.3) is 21.8 Å². The molecule has 0 aliphatic rings. The summed E-state index contributed by atoms with van der Waals surface area (Å²) < 4.78 is 4.38. The van der Waals surface area contributed by atoms with Crippen molar-refractivity contribution in [3.8, 4) is 23.9 Å². The van der Waals surface area contributed by atoms with Gasteiger partial charge in [-0.3, -0.25) is 9.13 Å². The van der Waals surface area contributed by atoms with E-state index in [0.717, 1.165) is 11.1 Å². The van der Waals surface area contributed by atoms with Crippen molar-refractivity contribution in [3.63, 3.8) is 0 Å². The fourth-order valence-corrected chi connectivity index (χ4v) is 7.81. The molecular weight excluding hydrogens is 541 g/mol. The number of hydrogen-bond acceptors (Lipinski definition) is 0. The summed E-state index contributed by atoms with van der Waals surface area (Å²) in [5.41, 5.74) is 4.52. The normalized spacial score (nSPS) is 11.2. The molecular formula is C38H38N2Si2. The second kappa shape index (κ2) is 12.2. The summed E-state index contributed by atoms with van der Waals surface area (Å²) in [4.78, 5) is 0. The zero-order chi connectivity index (χ0) is 29.7. The van der Waals surface area contributed by atoms with Crippen molar-refractivity contribution >= 4 is 48.6 Å². The van der Waals surface area contributed by atoms with E-state index in [4.69, 9.17) is 0 Å². The maximum Gasteiger partial charge on any atom is 0.100 e. The van der Waals surface area contributed by atoms with Gasteiger partial charge in [0, 0.05) is 44.6 Å². The molecule has 2 aromatic heterocycles. The van der Waals surface area contributed by atoms with Crippen LogP contribution in [0.4, 0.5) is 0 Å². The van der Waals surface area contributed by atoms with E-state index in [0.29, 0.717) is 0 Å². The van der Waals surface area contributed by atoms with Crippen molar-refractivity contribution in [1.82, 2.24) is 9.13 Å². The standard InChI is InChI=1S/2C19H19NSi/c2*1-21(2,3)19-15-17-11-7-8-12-18(17)20(19)14-13-16-9-5-4-6-10-16/h2*4-12,15H,1-3H3. The lowest BCUT2D eigenvalue weighted by Gasteiger charge is -2.16. The third-order valence-electron chi connectivity index (χ3n) is 7.13. The van der Waals surface area contributed by atoms with Crippen LogP contribution in [-0.4, -0.2) is 25.3 Å². The van der Waals surface area contributed by atoms with Crippen LogP contribution in [0.15, 0.2) is 121 Å². The Morgan fingerprint density at radius 2 is 0.762 bits per heavy atom. The van der Waals surface area contributed by atoms with Crippen LogP contribution in [0, 0.1) is 23.9 Å². The number of benzene rings is 4. The summed E-state index contributed by atoms with van der Waals surface area (Å²) in [5, 5.41) is 5.31. The minimum atomic E-state index is -1.44. The molecule has 0 amide bonds. The summed E-state index contributed by atoms with van der Waals surface area (Å²) >= 11 is 0. The maximum absolute atomic E-state index is 3.36. The van der Waals surface area contributed by atoms with E-state index in [1.807, 2.05) is 60.7 Å². The Morgan fingerprint density at radius 3 is 1.12 bits per heavy atom. The SMILES string of the molecule is C[Si](C)(C)c1cc2ccccc2n1C#Cc1ccccc1.C[Si](C)(C)c1cc2ccccc2n1C#Cc1ccccc1. The van der Waals surface area contributed by atoms with Gasteiger partial charge in [0.15, 0.2) is 0 Å². The third-order valence-corrected chi connectivity index (χ3v) is 10.9. The van der Waals surface area contributed by atoms with Crippen molar-refractivity contribution < 1.29 is 0 Å². The molecule has 0 bridgehead atoms. The largest absolute Gasteiger partial charge is 0.277 e. The Kier molecular flexibility index (Phi) is 8.41. The summed E-state index contributed by atoms with van der Waals surface area (Å²) in [7, 11) is -2.88. The second-order valence-corrected chi connectivity index (χ2v) is 22.6. The van der Waals surface area contributed by atoms with Crippen molar-refractivity contribution in [2.24, 2.45) is 0 Å². The van der Waals surface area contributed by atoms with Crippen LogP contribution < -0.4 is 10.6 Å². The third kappa shape index (κ3) is 6.69. The van der Waals surface area contributed by atoms with Crippen molar-refractivity contribution in [3.05, 3.63) is 132 Å². The van der Waals surface area contributed by atoms with Gasteiger partial charge >= 0.3 is 0 Å². The highest BCUT2D eigenvalue weighted by molar-refractivity contribution is 6.89. The lowest BCUT2D eigenvalue weighted by molar-refractivity contribution is 1.23. The molecule has 6 aromatic rings. The van der Waals surface area contributed by atoms with Crippen molar-refractivity contribution in [1.29, 1.82) is 0 Å². The zero-order valence-corrected chi connectivity index (χ0v) is 27.4. The Bertz CT molecular complexity index is 1800. The quantitative estimate of drug-likeness (QED) is 0.145. The molecule has 6 rings (SSSR count). The molecule has 0 saturated heterocycles. The molecule has 0 atom stereocenters. The minimum absolute atomic E-state index is 1.05. The number of hydrogen-bond donors (Lipinski definition) is 0. The van der Waals surface area contributed by atoms with Crippen LogP contribution in [0.2, 0.25) is 39.3 Å². The van der Waals surface area contributed by atoms with Crippen LogP contribution in [0.1, 0.15) is 11.1 Å². The molecule has 42 heavy (non-hydrogen) atoms. The number of nitrogens with zero attached hydrogens (tertiary/aromatic N) is 2. The lowest BCUT2D eigenvalue weighted by atomic mass is 10.2. The van der Waals surface area contributed by atoms with Gasteiger partial charge in [0.1, 0.15) is 16.1 Å². The average Bonchev–Trinajstić information content (AvgIpc) is 3.55. The van der Waals surface area contributed by atoms with Crippen LogP contribution in [0.3, 0.4) is 0 Å². The van der Waals surface area contributed by atoms with E-state index in [9.17, 15) is 0 Å². The molecule has 0 aliphatic carbocycles. The lowest BCUT2D eigenvalue weighted by Crippen LogP contribution is -2.41. The van der Waals surface area contributed by atoms with Crippen molar-refractivity contribution in [2.75, 3.05) is 0 Å². The predicted molar refractivity (Wildman–Crippen MR) is 187 cm³/mol. The van der Waals surface area contributed by atoms with Gasteiger partial charge < -0.3 is 0 Å². The predicted octanol–water partition coefficient (Wildman–Crippen LogP) is 8.09. The Balaban J connectivity index is 0.000000168. The molecule has 2 nitrogen and oxygen atoms in total. The first-order valence-corrected chi connectivity index (χ1v) is 21.5. The highest BCUT2D eigenvalue weighted by Crippen LogP contribution is 2.18. The number of aromatic nitrogens is 2. The molecule has 0 fully saturated rings. The molecule has 4 aromatic carbocycles. The molecule has 4 heteroatoms. The van der Waals surface area contributed by atoms with E-state index in [1.54, 1.807) is 0 Å². The number of rotatable bonds is 2. The monoisotopic (exact) mass is 578 g/mol. The Morgan fingerprint density at radius 1 is 0.429 bits per heavy atom. The van der Waals surface area contributed by atoms with Crippen molar-refractivity contribution in [2.45, 2.75) is 39.3 Å². The van der Waals surface area contributed by atoms with Crippen LogP contribution in [-0.2, 0) is 0 Å². The van der Waals surface area contributed by atoms with Gasteiger partial charge in [0.25, 0.3) is 0 Å². The Hall–Kier alpha value is -4.49. The molecule has 0 saturated carbocycles. The van der Waals surface area contributed by atoms with Gasteiger partial charge in [-0.2, -0.15) is 0 Å². The highest BCUT2D eigenvalue weighted by atomic mass is 28.3. The second-order valence-electron chi connectivity index (χ2n) is 12.6. The summed E-state index contributed by atoms with van der Waals surface area (Å²) in [6.07, 6.45) is 0. The summed E-state index contributed by atoms with van der Waals surface area (Å²) in [5.74, 6) is 6.57. The fraction of sp³-hybridized carbons (Fsp3) is 0.158. The molecule has 2 heterocycles. The van der Waals surface area contributed by atoms with Gasteiger partial charge in [0.05, 0.1) is 11.0 Å². The minimum Gasteiger partial charge on any atom is -0.277 e. The van der Waals surface area contributed by atoms with E-state index in [2.05, 4.69) is 133 Å². The first-order valence-electron chi connectivity index (χ1n) is 14.5. The van der Waals surface area contributed by atoms with E-state index >= 15 is 0 Å². The number of para-hydroxylation sites is 2. The van der Waals surface area contributed by atoms with Gasteiger partial charge in [-0.25, -0.2) is 0 Å². The van der Waals surface area contributed by atoms with Gasteiger partial charge in [0.2, 0.25) is 0 Å². The van der Waals surface area contributed by atoms with Crippen LogP contribution in [0.5, 0.6) is 0 Å². The van der Waals surface area contributed by atoms with Crippen LogP contribution >= 0.6 is 0 Å². The fourth-order valence-electron chi connectivity index (χ4n) is 4.94. The van der Waals surface area contributed by atoms with E-state index in [-0.39, 0.29) is 0 Å². The number of fused-ring (bicyclic) bond motifs is 2. The average molecular weight is 579 g/mol. The zero-order valence-electron chi connectivity index (χ0n) is 25.4. The summed E-state index contributed by atoms with van der Waals surface area (Å²) in [6, 6.07) is 48.6. The molecule has 0 spiro atoms. The molecule has 0 N–H and O–H groups in total. The maximum atomic E-state index is 3.36. The van der Waals surface area contributed by atoms with Gasteiger partial charge in [-0.15, -0.1) is 0 Å². The Labute approximate surface area is 252 Å². The first-order chi connectivity index (χ1) is 20.1. The molecule has 208 valence electrons. The molecule has 0 aliphatic heterocycles. The molecule has 0 unspecified atom stereocenters. The smallest absolute Gasteiger partial charge is 0.100 e. The van der Waals surface area contributed by atoms with E-state index < -0.39 is 16.1 Å². The highest BCUT2D eigenvalue weighted by Gasteiger charge is 2.23.